The first-order valence-corrected chi connectivity index (χ1v) is 6.83. The van der Waals surface area contributed by atoms with E-state index in [9.17, 15) is 9.59 Å². The molecule has 1 heterocycles. The quantitative estimate of drug-likeness (QED) is 0.752. The third-order valence-corrected chi connectivity index (χ3v) is 2.53. The highest BCUT2D eigenvalue weighted by Crippen LogP contribution is 2.10. The molecule has 0 bridgehead atoms. The van der Waals surface area contributed by atoms with E-state index in [1.807, 2.05) is 0 Å². The summed E-state index contributed by atoms with van der Waals surface area (Å²) in [6, 6.07) is 0. The van der Waals surface area contributed by atoms with Gasteiger partial charge in [-0.2, -0.15) is 0 Å². The van der Waals surface area contributed by atoms with E-state index < -0.39 is 17.7 Å². The number of aromatic nitrogens is 3. The molecule has 0 saturated heterocycles. The molecule has 0 aromatic carbocycles. The lowest BCUT2D eigenvalue weighted by molar-refractivity contribution is 0.0210. The zero-order chi connectivity index (χ0) is 16.8. The van der Waals surface area contributed by atoms with Crippen molar-refractivity contribution >= 4 is 12.1 Å². The van der Waals surface area contributed by atoms with Gasteiger partial charge >= 0.3 is 12.1 Å². The summed E-state index contributed by atoms with van der Waals surface area (Å²) in [5.74, 6) is -0.674. The Labute approximate surface area is 128 Å². The van der Waals surface area contributed by atoms with E-state index in [1.165, 1.54) is 23.0 Å². The maximum absolute atomic E-state index is 12.0. The number of aliphatic hydroxyl groups excluding tert-OH is 1. The summed E-state index contributed by atoms with van der Waals surface area (Å²) in [7, 11) is 1.24. The molecule has 0 aliphatic rings. The fraction of sp³-hybridized carbons (Fsp3) is 0.692. The maximum Gasteiger partial charge on any atom is 0.410 e. The van der Waals surface area contributed by atoms with Crippen LogP contribution in [0.3, 0.4) is 0 Å². The normalized spacial score (nSPS) is 11.1. The van der Waals surface area contributed by atoms with Crippen LogP contribution in [0.4, 0.5) is 4.79 Å². The first-order valence-electron chi connectivity index (χ1n) is 6.83. The van der Waals surface area contributed by atoms with Gasteiger partial charge in [0, 0.05) is 13.1 Å². The highest BCUT2D eigenvalue weighted by atomic mass is 16.6. The van der Waals surface area contributed by atoms with E-state index in [4.69, 9.17) is 9.84 Å². The average molecular weight is 314 g/mol. The summed E-state index contributed by atoms with van der Waals surface area (Å²) in [5.41, 5.74) is -0.615. The zero-order valence-electron chi connectivity index (χ0n) is 13.3. The van der Waals surface area contributed by atoms with Gasteiger partial charge in [-0.15, -0.1) is 5.10 Å². The molecule has 0 radical (unpaired) electrons. The minimum Gasteiger partial charge on any atom is -0.463 e. The van der Waals surface area contributed by atoms with Crippen molar-refractivity contribution in [2.24, 2.45) is 0 Å². The number of amides is 1. The van der Waals surface area contributed by atoms with Crippen LogP contribution in [0.1, 0.15) is 31.4 Å². The summed E-state index contributed by atoms with van der Waals surface area (Å²) in [6.45, 7) is 5.84. The van der Waals surface area contributed by atoms with Crippen LogP contribution in [0.2, 0.25) is 0 Å². The van der Waals surface area contributed by atoms with Crippen molar-refractivity contribution in [1.82, 2.24) is 19.7 Å². The summed E-state index contributed by atoms with van der Waals surface area (Å²) < 4.78 is 11.2. The van der Waals surface area contributed by atoms with Crippen LogP contribution in [0.5, 0.6) is 0 Å². The molecule has 0 fully saturated rings. The Hall–Kier alpha value is -2.16. The van der Waals surface area contributed by atoms with E-state index in [0.29, 0.717) is 6.54 Å². The standard InChI is InChI=1S/C13H22N4O5/c1-13(2,3)22-12(20)16(7-8-18)5-6-17-9-14-10(15-17)11(19)21-4/h9,18H,5-8H2,1-4H3. The number of carbonyl (C=O) groups excluding carboxylic acids is 2. The predicted octanol–water partition coefficient (Wildman–Crippen LogP) is 0.294. The summed E-state index contributed by atoms with van der Waals surface area (Å²) in [5, 5.41) is 13.0. The van der Waals surface area contributed by atoms with Crippen LogP contribution in [0.15, 0.2) is 6.33 Å². The molecule has 1 aromatic heterocycles. The minimum atomic E-state index is -0.627. The lowest BCUT2D eigenvalue weighted by Gasteiger charge is -2.26. The molecule has 9 nitrogen and oxygen atoms in total. The number of carbonyl (C=O) groups is 2. The molecule has 124 valence electrons. The molecule has 1 N–H and O–H groups in total. The smallest absolute Gasteiger partial charge is 0.410 e. The van der Waals surface area contributed by atoms with E-state index in [0.717, 1.165) is 0 Å². The summed E-state index contributed by atoms with van der Waals surface area (Å²) in [4.78, 5) is 28.4. The molecular weight excluding hydrogens is 292 g/mol. The third-order valence-electron chi connectivity index (χ3n) is 2.53. The Bertz CT molecular complexity index is 509. The number of methoxy groups -OCH3 is 1. The van der Waals surface area contributed by atoms with Gasteiger partial charge in [0.15, 0.2) is 0 Å². The molecule has 22 heavy (non-hydrogen) atoms. The average Bonchev–Trinajstić information content (AvgIpc) is 2.89. The molecule has 1 aromatic rings. The monoisotopic (exact) mass is 314 g/mol. The van der Waals surface area contributed by atoms with Crippen LogP contribution in [-0.2, 0) is 16.0 Å². The molecule has 0 saturated carbocycles. The fourth-order valence-electron chi connectivity index (χ4n) is 1.55. The zero-order valence-corrected chi connectivity index (χ0v) is 13.3. The Balaban J connectivity index is 2.62. The van der Waals surface area contributed by atoms with Crippen molar-refractivity contribution in [2.45, 2.75) is 32.9 Å². The van der Waals surface area contributed by atoms with E-state index in [-0.39, 0.29) is 25.5 Å². The minimum absolute atomic E-state index is 0.0477. The SMILES string of the molecule is COC(=O)c1ncn(CCN(CCO)C(=O)OC(C)(C)C)n1. The van der Waals surface area contributed by atoms with Gasteiger partial charge in [0.2, 0.25) is 0 Å². The summed E-state index contributed by atoms with van der Waals surface area (Å²) in [6.07, 6.45) is 0.855. The molecule has 0 aliphatic carbocycles. The van der Waals surface area contributed by atoms with Crippen LogP contribution < -0.4 is 0 Å². The Morgan fingerprint density at radius 1 is 1.36 bits per heavy atom. The molecular formula is C13H22N4O5. The fourth-order valence-corrected chi connectivity index (χ4v) is 1.55. The number of rotatable bonds is 6. The number of nitrogens with zero attached hydrogens (tertiary/aromatic N) is 4. The van der Waals surface area contributed by atoms with Gasteiger partial charge in [-0.05, 0) is 20.8 Å². The van der Waals surface area contributed by atoms with Crippen LogP contribution in [-0.4, -0.2) is 69.2 Å². The van der Waals surface area contributed by atoms with Gasteiger partial charge in [-0.1, -0.05) is 0 Å². The van der Waals surface area contributed by atoms with Gasteiger partial charge < -0.3 is 19.5 Å². The highest BCUT2D eigenvalue weighted by molar-refractivity contribution is 5.84. The Morgan fingerprint density at radius 2 is 2.05 bits per heavy atom. The van der Waals surface area contributed by atoms with Gasteiger partial charge in [-0.3, -0.25) is 4.68 Å². The van der Waals surface area contributed by atoms with Gasteiger partial charge in [-0.25, -0.2) is 14.6 Å². The first-order chi connectivity index (χ1) is 10.3. The van der Waals surface area contributed by atoms with Crippen molar-refractivity contribution in [2.75, 3.05) is 26.8 Å². The van der Waals surface area contributed by atoms with Crippen molar-refractivity contribution in [3.8, 4) is 0 Å². The lowest BCUT2D eigenvalue weighted by Crippen LogP contribution is -2.40. The molecule has 9 heteroatoms. The van der Waals surface area contributed by atoms with Crippen molar-refractivity contribution in [1.29, 1.82) is 0 Å². The number of hydrogen-bond acceptors (Lipinski definition) is 7. The lowest BCUT2D eigenvalue weighted by atomic mass is 10.2. The highest BCUT2D eigenvalue weighted by Gasteiger charge is 2.22. The topological polar surface area (TPSA) is 107 Å². The van der Waals surface area contributed by atoms with Gasteiger partial charge in [0.05, 0.1) is 20.3 Å². The molecule has 0 aliphatic heterocycles. The Kier molecular flexibility index (Phi) is 6.29. The van der Waals surface area contributed by atoms with Gasteiger partial charge in [0.1, 0.15) is 11.9 Å². The number of hydrogen-bond donors (Lipinski definition) is 1. The largest absolute Gasteiger partial charge is 0.463 e. The van der Waals surface area contributed by atoms with Crippen molar-refractivity contribution in [3.63, 3.8) is 0 Å². The second kappa shape index (κ2) is 7.74. The van der Waals surface area contributed by atoms with Crippen LogP contribution >= 0.6 is 0 Å². The maximum atomic E-state index is 12.0. The molecule has 1 amide bonds. The molecule has 0 spiro atoms. The molecule has 0 unspecified atom stereocenters. The van der Waals surface area contributed by atoms with Gasteiger partial charge in [0.25, 0.3) is 5.82 Å². The molecule has 0 atom stereocenters. The van der Waals surface area contributed by atoms with E-state index in [2.05, 4.69) is 14.8 Å². The number of ether oxygens (including phenoxy) is 2. The summed E-state index contributed by atoms with van der Waals surface area (Å²) >= 11 is 0. The number of esters is 1. The van der Waals surface area contributed by atoms with Crippen molar-refractivity contribution in [3.05, 3.63) is 12.2 Å². The predicted molar refractivity (Wildman–Crippen MR) is 76.3 cm³/mol. The van der Waals surface area contributed by atoms with Crippen LogP contribution in [0, 0.1) is 0 Å². The molecule has 1 rings (SSSR count). The van der Waals surface area contributed by atoms with Crippen LogP contribution in [0.25, 0.3) is 0 Å². The second-order valence-corrected chi connectivity index (χ2v) is 5.51. The third kappa shape index (κ3) is 5.68. The number of aliphatic hydroxyl groups is 1. The van der Waals surface area contributed by atoms with E-state index >= 15 is 0 Å². The van der Waals surface area contributed by atoms with E-state index in [1.54, 1.807) is 20.8 Å². The van der Waals surface area contributed by atoms with Crippen molar-refractivity contribution < 1.29 is 24.2 Å². The Morgan fingerprint density at radius 3 is 2.59 bits per heavy atom. The first kappa shape index (κ1) is 17.9. The second-order valence-electron chi connectivity index (χ2n) is 5.51.